The zero-order valence-electron chi connectivity index (χ0n) is 15.3. The predicted molar refractivity (Wildman–Crippen MR) is 94.1 cm³/mol. The van der Waals surface area contributed by atoms with Crippen LogP contribution in [-0.2, 0) is 11.3 Å². The molecule has 0 unspecified atom stereocenters. The van der Waals surface area contributed by atoms with E-state index in [4.69, 9.17) is 8.83 Å². The molecule has 0 aliphatic heterocycles. The van der Waals surface area contributed by atoms with Crippen LogP contribution in [-0.4, -0.2) is 29.8 Å². The van der Waals surface area contributed by atoms with E-state index in [-0.39, 0.29) is 18.2 Å². The second kappa shape index (κ2) is 8.55. The Morgan fingerprint density at radius 3 is 2.60 bits per heavy atom. The highest BCUT2D eigenvalue weighted by molar-refractivity contribution is 5.95. The van der Waals surface area contributed by atoms with Crippen LogP contribution in [0.25, 0.3) is 0 Å². The average Bonchev–Trinajstić information content (AvgIpc) is 3.17. The van der Waals surface area contributed by atoms with Crippen LogP contribution < -0.4 is 5.32 Å². The van der Waals surface area contributed by atoms with Crippen molar-refractivity contribution < 1.29 is 18.4 Å². The molecule has 2 amide bonds. The van der Waals surface area contributed by atoms with Gasteiger partial charge < -0.3 is 19.1 Å². The first kappa shape index (κ1) is 18.8. The molecule has 2 heterocycles. The summed E-state index contributed by atoms with van der Waals surface area (Å²) in [6, 6.07) is 5.32. The van der Waals surface area contributed by atoms with Crippen LogP contribution in [0.1, 0.15) is 47.9 Å². The minimum absolute atomic E-state index is 0.0639. The highest BCUT2D eigenvalue weighted by Crippen LogP contribution is 2.18. The first-order valence-corrected chi connectivity index (χ1v) is 8.52. The van der Waals surface area contributed by atoms with Crippen molar-refractivity contribution >= 4 is 11.8 Å². The van der Waals surface area contributed by atoms with Gasteiger partial charge in [-0.1, -0.05) is 13.8 Å². The maximum atomic E-state index is 12.9. The number of rotatable bonds is 8. The molecule has 0 radical (unpaired) electrons. The van der Waals surface area contributed by atoms with E-state index >= 15 is 0 Å². The lowest BCUT2D eigenvalue weighted by Crippen LogP contribution is -2.35. The minimum Gasteiger partial charge on any atom is -0.467 e. The largest absolute Gasteiger partial charge is 0.467 e. The molecule has 2 rings (SSSR count). The topological polar surface area (TPSA) is 75.7 Å². The van der Waals surface area contributed by atoms with E-state index in [9.17, 15) is 9.59 Å². The molecule has 0 aliphatic carbocycles. The third-order valence-electron chi connectivity index (χ3n) is 3.80. The van der Waals surface area contributed by atoms with Crippen molar-refractivity contribution in [2.24, 2.45) is 5.92 Å². The van der Waals surface area contributed by atoms with Crippen LogP contribution in [0.3, 0.4) is 0 Å². The molecule has 0 fully saturated rings. The third kappa shape index (κ3) is 5.52. The molecule has 0 aromatic carbocycles. The van der Waals surface area contributed by atoms with E-state index in [0.717, 1.165) is 0 Å². The van der Waals surface area contributed by atoms with Crippen molar-refractivity contribution in [3.63, 3.8) is 0 Å². The molecule has 0 bridgehead atoms. The standard InChI is InChI=1S/C19H26N2O4/c1-13(2)11-20-18(22)7-8-21(12-16-6-5-9-24-16)19(23)17-10-14(3)25-15(17)4/h5-6,9-10,13H,7-8,11-12H2,1-4H3,(H,20,22). The predicted octanol–water partition coefficient (Wildman–Crippen LogP) is 3.29. The van der Waals surface area contributed by atoms with Gasteiger partial charge in [-0.25, -0.2) is 0 Å². The SMILES string of the molecule is Cc1cc(C(=O)N(CCC(=O)NCC(C)C)Cc2ccco2)c(C)o1. The number of amides is 2. The molecule has 2 aromatic heterocycles. The maximum Gasteiger partial charge on any atom is 0.257 e. The fraction of sp³-hybridized carbons (Fsp3) is 0.474. The monoisotopic (exact) mass is 346 g/mol. The van der Waals surface area contributed by atoms with Crippen LogP contribution in [0.5, 0.6) is 0 Å². The van der Waals surface area contributed by atoms with Crippen LogP contribution in [0.4, 0.5) is 0 Å². The molecule has 136 valence electrons. The van der Waals surface area contributed by atoms with Crippen LogP contribution in [0.2, 0.25) is 0 Å². The summed E-state index contributed by atoms with van der Waals surface area (Å²) in [5.41, 5.74) is 0.520. The van der Waals surface area contributed by atoms with E-state index in [1.165, 1.54) is 0 Å². The lowest BCUT2D eigenvalue weighted by molar-refractivity contribution is -0.121. The van der Waals surface area contributed by atoms with Crippen molar-refractivity contribution in [2.75, 3.05) is 13.1 Å². The second-order valence-corrected chi connectivity index (χ2v) is 6.58. The molecular formula is C19H26N2O4. The van der Waals surface area contributed by atoms with Gasteiger partial charge in [0.25, 0.3) is 5.91 Å². The van der Waals surface area contributed by atoms with Gasteiger partial charge >= 0.3 is 0 Å². The number of nitrogens with zero attached hydrogens (tertiary/aromatic N) is 1. The minimum atomic E-state index is -0.164. The average molecular weight is 346 g/mol. The number of carbonyl (C=O) groups excluding carboxylic acids is 2. The Hall–Kier alpha value is -2.50. The summed E-state index contributed by atoms with van der Waals surface area (Å²) < 4.78 is 10.8. The van der Waals surface area contributed by atoms with Gasteiger partial charge in [-0.3, -0.25) is 9.59 Å². The van der Waals surface area contributed by atoms with E-state index in [2.05, 4.69) is 5.32 Å². The van der Waals surface area contributed by atoms with Crippen LogP contribution >= 0.6 is 0 Å². The lowest BCUT2D eigenvalue weighted by atomic mass is 10.2. The Morgan fingerprint density at radius 1 is 1.28 bits per heavy atom. The molecule has 0 saturated heterocycles. The highest BCUT2D eigenvalue weighted by Gasteiger charge is 2.22. The van der Waals surface area contributed by atoms with Crippen molar-refractivity contribution in [2.45, 2.75) is 40.7 Å². The Labute approximate surface area is 148 Å². The number of hydrogen-bond acceptors (Lipinski definition) is 4. The Kier molecular flexibility index (Phi) is 6.44. The summed E-state index contributed by atoms with van der Waals surface area (Å²) in [6.07, 6.45) is 1.82. The molecule has 1 N–H and O–H groups in total. The molecule has 0 atom stereocenters. The Morgan fingerprint density at radius 2 is 2.04 bits per heavy atom. The van der Waals surface area contributed by atoms with E-state index in [0.29, 0.717) is 48.4 Å². The number of hydrogen-bond donors (Lipinski definition) is 1. The van der Waals surface area contributed by atoms with Crippen molar-refractivity contribution in [1.82, 2.24) is 10.2 Å². The number of nitrogens with one attached hydrogen (secondary N) is 1. The molecular weight excluding hydrogens is 320 g/mol. The summed E-state index contributed by atoms with van der Waals surface area (Å²) in [5.74, 6) is 2.10. The molecule has 0 spiro atoms. The quantitative estimate of drug-likeness (QED) is 0.796. The van der Waals surface area contributed by atoms with E-state index in [1.54, 1.807) is 37.1 Å². The van der Waals surface area contributed by atoms with Gasteiger partial charge in [0.05, 0.1) is 18.4 Å². The van der Waals surface area contributed by atoms with Gasteiger partial charge in [0.2, 0.25) is 5.91 Å². The first-order valence-electron chi connectivity index (χ1n) is 8.52. The van der Waals surface area contributed by atoms with Crippen LogP contribution in [0.15, 0.2) is 33.3 Å². The second-order valence-electron chi connectivity index (χ2n) is 6.58. The fourth-order valence-corrected chi connectivity index (χ4v) is 2.50. The van der Waals surface area contributed by atoms with Crippen LogP contribution in [0, 0.1) is 19.8 Å². The first-order chi connectivity index (χ1) is 11.9. The molecule has 0 saturated carbocycles. The number of furan rings is 2. The van der Waals surface area contributed by atoms with E-state index < -0.39 is 0 Å². The van der Waals surface area contributed by atoms with Crippen molar-refractivity contribution in [3.05, 3.63) is 47.3 Å². The molecule has 2 aromatic rings. The van der Waals surface area contributed by atoms with Gasteiger partial charge in [-0.05, 0) is 38.0 Å². The summed E-state index contributed by atoms with van der Waals surface area (Å²) in [5, 5.41) is 2.87. The summed E-state index contributed by atoms with van der Waals surface area (Å²) in [6.45, 7) is 8.90. The Balaban J connectivity index is 2.06. The Bertz CT molecular complexity index is 701. The van der Waals surface area contributed by atoms with E-state index in [1.807, 2.05) is 19.9 Å². The smallest absolute Gasteiger partial charge is 0.257 e. The van der Waals surface area contributed by atoms with Gasteiger partial charge in [0.15, 0.2) is 0 Å². The molecule has 6 heteroatoms. The van der Waals surface area contributed by atoms with Crippen molar-refractivity contribution in [1.29, 1.82) is 0 Å². The van der Waals surface area contributed by atoms with Crippen molar-refractivity contribution in [3.8, 4) is 0 Å². The summed E-state index contributed by atoms with van der Waals surface area (Å²) in [4.78, 5) is 26.5. The third-order valence-corrected chi connectivity index (χ3v) is 3.80. The zero-order valence-corrected chi connectivity index (χ0v) is 15.3. The zero-order chi connectivity index (χ0) is 18.4. The molecule has 0 aliphatic rings. The summed E-state index contributed by atoms with van der Waals surface area (Å²) >= 11 is 0. The fourth-order valence-electron chi connectivity index (χ4n) is 2.50. The molecule has 25 heavy (non-hydrogen) atoms. The van der Waals surface area contributed by atoms with Gasteiger partial charge in [0.1, 0.15) is 17.3 Å². The number of carbonyl (C=O) groups is 2. The molecule has 6 nitrogen and oxygen atoms in total. The van der Waals surface area contributed by atoms with Gasteiger partial charge in [-0.2, -0.15) is 0 Å². The van der Waals surface area contributed by atoms with Gasteiger partial charge in [-0.15, -0.1) is 0 Å². The number of aryl methyl sites for hydroxylation is 2. The lowest BCUT2D eigenvalue weighted by Gasteiger charge is -2.21. The van der Waals surface area contributed by atoms with Gasteiger partial charge in [0, 0.05) is 19.5 Å². The summed E-state index contributed by atoms with van der Waals surface area (Å²) in [7, 11) is 0. The highest BCUT2D eigenvalue weighted by atomic mass is 16.3. The maximum absolute atomic E-state index is 12.9. The normalized spacial score (nSPS) is 10.9.